The molecule has 0 atom stereocenters. The molecule has 1 aliphatic heterocycles. The van der Waals surface area contributed by atoms with Crippen molar-refractivity contribution in [1.82, 2.24) is 0 Å². The van der Waals surface area contributed by atoms with E-state index < -0.39 is 0 Å². The van der Waals surface area contributed by atoms with Gasteiger partial charge in [0.1, 0.15) is 11.6 Å². The lowest BCUT2D eigenvalue weighted by Crippen LogP contribution is -2.41. The molecule has 4 aliphatic carbocycles. The van der Waals surface area contributed by atoms with Gasteiger partial charge >= 0.3 is 5.97 Å². The molecule has 0 amide bonds. The van der Waals surface area contributed by atoms with Crippen LogP contribution < -0.4 is 9.64 Å². The second kappa shape index (κ2) is 8.68. The summed E-state index contributed by atoms with van der Waals surface area (Å²) in [5.74, 6) is 3.11. The number of nitrogens with zero attached hydrogens (tertiary/aromatic N) is 1. The first-order chi connectivity index (χ1) is 17.6. The average Bonchev–Trinajstić information content (AvgIpc) is 2.87. The summed E-state index contributed by atoms with van der Waals surface area (Å²) in [6.07, 6.45) is 6.80. The number of benzene rings is 3. The molecular formula is C31H27Cl2NO2. The molecule has 5 heteroatoms. The van der Waals surface area contributed by atoms with Crippen LogP contribution in [0.2, 0.25) is 10.0 Å². The Balaban J connectivity index is 1.31. The molecule has 36 heavy (non-hydrogen) atoms. The molecule has 3 aromatic rings. The van der Waals surface area contributed by atoms with Crippen molar-refractivity contribution in [3.8, 4) is 5.75 Å². The van der Waals surface area contributed by atoms with E-state index in [-0.39, 0.29) is 23.3 Å². The first-order valence-corrected chi connectivity index (χ1v) is 13.7. The lowest BCUT2D eigenvalue weighted by Gasteiger charge is -2.53. The highest BCUT2D eigenvalue weighted by atomic mass is 35.5. The van der Waals surface area contributed by atoms with Crippen molar-refractivity contribution in [2.45, 2.75) is 32.1 Å². The van der Waals surface area contributed by atoms with E-state index in [1.54, 1.807) is 23.8 Å². The van der Waals surface area contributed by atoms with Crippen molar-refractivity contribution in [1.29, 1.82) is 0 Å². The monoisotopic (exact) mass is 515 g/mol. The van der Waals surface area contributed by atoms with Gasteiger partial charge in [0, 0.05) is 22.5 Å². The zero-order chi connectivity index (χ0) is 24.4. The summed E-state index contributed by atoms with van der Waals surface area (Å²) in [7, 11) is 0. The van der Waals surface area contributed by atoms with Crippen molar-refractivity contribution in [2.24, 2.45) is 23.7 Å². The molecule has 0 radical (unpaired) electrons. The topological polar surface area (TPSA) is 29.5 Å². The number of halogens is 2. The van der Waals surface area contributed by atoms with Crippen LogP contribution in [0, 0.1) is 23.7 Å². The maximum absolute atomic E-state index is 13.2. The lowest BCUT2D eigenvalue weighted by atomic mass is 9.53. The zero-order valence-electron chi connectivity index (χ0n) is 19.9. The highest BCUT2D eigenvalue weighted by molar-refractivity contribution is 6.43. The number of esters is 1. The number of anilines is 2. The van der Waals surface area contributed by atoms with Crippen LogP contribution in [0.15, 0.2) is 72.3 Å². The van der Waals surface area contributed by atoms with Gasteiger partial charge in [0.25, 0.3) is 0 Å². The van der Waals surface area contributed by atoms with Gasteiger partial charge in [-0.05, 0) is 85.6 Å². The van der Waals surface area contributed by atoms with Gasteiger partial charge in [0.15, 0.2) is 5.75 Å². The highest BCUT2D eigenvalue weighted by Crippen LogP contribution is 2.60. The second-order valence-corrected chi connectivity index (χ2v) is 11.6. The highest BCUT2D eigenvalue weighted by Gasteiger charge is 2.47. The normalized spacial score (nSPS) is 25.6. The number of rotatable bonds is 3. The number of carbonyl (C=O) groups is 1. The summed E-state index contributed by atoms with van der Waals surface area (Å²) >= 11 is 12.4. The quantitative estimate of drug-likeness (QED) is 0.259. The fourth-order valence-electron chi connectivity index (χ4n) is 7.54. The molecule has 4 saturated carbocycles. The molecule has 5 aliphatic rings. The van der Waals surface area contributed by atoms with E-state index in [9.17, 15) is 4.79 Å². The number of hydrogen-bond acceptors (Lipinski definition) is 3. The minimum absolute atomic E-state index is 0.0798. The number of ether oxygens (including phenoxy) is 1. The van der Waals surface area contributed by atoms with Gasteiger partial charge in [-0.3, -0.25) is 0 Å². The summed E-state index contributed by atoms with van der Waals surface area (Å²) in [6.45, 7) is 0.0798. The predicted octanol–water partition coefficient (Wildman–Crippen LogP) is 8.31. The molecule has 4 fully saturated rings. The smallest absolute Gasteiger partial charge is 0.331 e. The van der Waals surface area contributed by atoms with Crippen molar-refractivity contribution in [3.63, 3.8) is 0 Å². The van der Waals surface area contributed by atoms with Gasteiger partial charge < -0.3 is 9.64 Å². The molecule has 0 unspecified atom stereocenters. The minimum atomic E-state index is -0.380. The van der Waals surface area contributed by atoms with Crippen molar-refractivity contribution >= 4 is 46.1 Å². The third-order valence-corrected chi connectivity index (χ3v) is 9.46. The van der Waals surface area contributed by atoms with E-state index in [0.717, 1.165) is 23.2 Å². The van der Waals surface area contributed by atoms with E-state index in [4.69, 9.17) is 27.9 Å². The molecule has 0 saturated heterocycles. The Morgan fingerprint density at radius 2 is 1.36 bits per heavy atom. The van der Waals surface area contributed by atoms with Crippen LogP contribution in [0.4, 0.5) is 11.4 Å². The van der Waals surface area contributed by atoms with Gasteiger partial charge in [-0.2, -0.15) is 0 Å². The van der Waals surface area contributed by atoms with E-state index in [1.807, 2.05) is 0 Å². The Hall–Kier alpha value is -2.75. The van der Waals surface area contributed by atoms with E-state index in [0.29, 0.717) is 16.9 Å². The third kappa shape index (κ3) is 3.59. The lowest BCUT2D eigenvalue weighted by molar-refractivity contribution is -0.132. The minimum Gasteiger partial charge on any atom is -0.424 e. The van der Waals surface area contributed by atoms with Gasteiger partial charge in [0.2, 0.25) is 0 Å². The molecule has 0 spiro atoms. The first-order valence-electron chi connectivity index (χ1n) is 12.9. The Labute approximate surface area is 221 Å². The Kier molecular flexibility index (Phi) is 5.41. The Morgan fingerprint density at radius 1 is 0.778 bits per heavy atom. The maximum Gasteiger partial charge on any atom is 0.331 e. The molecule has 1 heterocycles. The number of carbonyl (C=O) groups excluding carboxylic acids is 1. The Morgan fingerprint density at radius 3 is 1.97 bits per heavy atom. The fourth-order valence-corrected chi connectivity index (χ4v) is 7.87. The first kappa shape index (κ1) is 22.4. The van der Waals surface area contributed by atoms with Crippen LogP contribution in [-0.4, -0.2) is 12.5 Å². The SMILES string of the molecule is O=C(CN1c2ccccc2C(=C2C3CC4CC(C3)CC2C4)c2ccccc21)Oc1cccc(Cl)c1Cl. The predicted molar refractivity (Wildman–Crippen MR) is 145 cm³/mol. The Bertz CT molecular complexity index is 1330. The number of para-hydroxylation sites is 2. The number of fused-ring (bicyclic) bond motifs is 2. The summed E-state index contributed by atoms with van der Waals surface area (Å²) < 4.78 is 5.67. The van der Waals surface area contributed by atoms with Gasteiger partial charge in [-0.25, -0.2) is 4.79 Å². The molecule has 0 aromatic heterocycles. The molecule has 4 bridgehead atoms. The van der Waals surface area contributed by atoms with Crippen LogP contribution in [0.3, 0.4) is 0 Å². The van der Waals surface area contributed by atoms with Gasteiger partial charge in [0.05, 0.1) is 5.02 Å². The van der Waals surface area contributed by atoms with Gasteiger partial charge in [-0.1, -0.05) is 71.2 Å². The van der Waals surface area contributed by atoms with E-state index in [2.05, 4.69) is 53.4 Å². The van der Waals surface area contributed by atoms with Crippen LogP contribution >= 0.6 is 23.2 Å². The van der Waals surface area contributed by atoms with E-state index in [1.165, 1.54) is 48.8 Å². The third-order valence-electron chi connectivity index (χ3n) is 8.66. The van der Waals surface area contributed by atoms with E-state index >= 15 is 0 Å². The van der Waals surface area contributed by atoms with Crippen molar-refractivity contribution in [3.05, 3.63) is 93.5 Å². The molecule has 8 rings (SSSR count). The number of hydrogen-bond donors (Lipinski definition) is 0. The molecule has 3 nitrogen and oxygen atoms in total. The molecule has 0 N–H and O–H groups in total. The molecular weight excluding hydrogens is 489 g/mol. The number of allylic oxidation sites excluding steroid dienone is 1. The van der Waals surface area contributed by atoms with Gasteiger partial charge in [-0.15, -0.1) is 0 Å². The summed E-state index contributed by atoms with van der Waals surface area (Å²) in [5, 5.41) is 0.614. The van der Waals surface area contributed by atoms with Crippen LogP contribution in [0.1, 0.15) is 43.2 Å². The van der Waals surface area contributed by atoms with Crippen molar-refractivity contribution < 1.29 is 9.53 Å². The van der Waals surface area contributed by atoms with Crippen LogP contribution in [0.25, 0.3) is 5.57 Å². The summed E-state index contributed by atoms with van der Waals surface area (Å²) in [4.78, 5) is 15.3. The fraction of sp³-hybridized carbons (Fsp3) is 0.323. The summed E-state index contributed by atoms with van der Waals surface area (Å²) in [6, 6.07) is 22.1. The van der Waals surface area contributed by atoms with Crippen LogP contribution in [0.5, 0.6) is 5.75 Å². The van der Waals surface area contributed by atoms with Crippen LogP contribution in [-0.2, 0) is 4.79 Å². The van der Waals surface area contributed by atoms with Crippen molar-refractivity contribution in [2.75, 3.05) is 11.4 Å². The average molecular weight is 516 g/mol. The standard InChI is InChI=1S/C31H27Cl2NO2/c32-24-8-5-11-27(31(24)33)36-28(35)17-34-25-9-3-1-6-22(25)30(23-7-2-4-10-26(23)34)29-20-13-18-12-19(15-20)16-21(29)14-18/h1-11,18-21H,12-17H2. The largest absolute Gasteiger partial charge is 0.424 e. The molecule has 182 valence electrons. The zero-order valence-corrected chi connectivity index (χ0v) is 21.4. The second-order valence-electron chi connectivity index (χ2n) is 10.8. The molecule has 3 aromatic carbocycles. The summed E-state index contributed by atoms with van der Waals surface area (Å²) in [5.41, 5.74) is 7.66. The maximum atomic E-state index is 13.2.